The number of carbonyl (C=O) groups excluding carboxylic acids is 1. The molecule has 0 unspecified atom stereocenters. The summed E-state index contributed by atoms with van der Waals surface area (Å²) < 4.78 is 10.7. The molecule has 0 heterocycles. The summed E-state index contributed by atoms with van der Waals surface area (Å²) in [6.45, 7) is 1.87. The number of ether oxygens (including phenoxy) is 2. The molecular formula is C19H24N2O3. The summed E-state index contributed by atoms with van der Waals surface area (Å²) in [6.07, 6.45) is 0.452. The molecule has 0 bridgehead atoms. The maximum atomic E-state index is 12.1. The van der Waals surface area contributed by atoms with E-state index in [1.54, 1.807) is 19.1 Å². The van der Waals surface area contributed by atoms with Crippen molar-refractivity contribution in [2.24, 2.45) is 0 Å². The van der Waals surface area contributed by atoms with Gasteiger partial charge in [0.25, 0.3) is 0 Å². The topological polar surface area (TPSA) is 50.8 Å². The summed E-state index contributed by atoms with van der Waals surface area (Å²) >= 11 is 0. The van der Waals surface area contributed by atoms with Gasteiger partial charge in [-0.1, -0.05) is 18.2 Å². The summed E-state index contributed by atoms with van der Waals surface area (Å²) in [6, 6.07) is 17.1. The molecule has 0 atom stereocenters. The number of nitrogens with zero attached hydrogens (tertiary/aromatic N) is 1. The standard InChI is InChI=1S/C19H24N2O3/c1-21(16-6-4-3-5-7-16)19(22)12-13-20-14-15-24-18-10-8-17(23-2)9-11-18/h3-11,20H,12-15H2,1-2H3. The van der Waals surface area contributed by atoms with Crippen LogP contribution in [0.15, 0.2) is 54.6 Å². The Morgan fingerprint density at radius 1 is 1.00 bits per heavy atom. The first kappa shape index (κ1) is 17.8. The second-order valence-electron chi connectivity index (χ2n) is 5.31. The Hall–Kier alpha value is -2.53. The van der Waals surface area contributed by atoms with Crippen molar-refractivity contribution in [1.29, 1.82) is 0 Å². The number of nitrogens with one attached hydrogen (secondary N) is 1. The van der Waals surface area contributed by atoms with Crippen molar-refractivity contribution in [2.45, 2.75) is 6.42 Å². The van der Waals surface area contributed by atoms with Gasteiger partial charge in [0.15, 0.2) is 0 Å². The molecule has 1 amide bonds. The number of carbonyl (C=O) groups is 1. The predicted molar refractivity (Wildman–Crippen MR) is 95.8 cm³/mol. The van der Waals surface area contributed by atoms with Crippen LogP contribution < -0.4 is 19.7 Å². The summed E-state index contributed by atoms with van der Waals surface area (Å²) in [5.74, 6) is 1.70. The van der Waals surface area contributed by atoms with Gasteiger partial charge in [-0.3, -0.25) is 4.79 Å². The van der Waals surface area contributed by atoms with Crippen LogP contribution in [0.2, 0.25) is 0 Å². The number of hydrogen-bond acceptors (Lipinski definition) is 4. The Bertz CT molecular complexity index is 614. The van der Waals surface area contributed by atoms with Crippen LogP contribution in [0, 0.1) is 0 Å². The molecule has 0 aliphatic rings. The maximum absolute atomic E-state index is 12.1. The molecule has 0 saturated heterocycles. The fraction of sp³-hybridized carbons (Fsp3) is 0.316. The van der Waals surface area contributed by atoms with Gasteiger partial charge in [-0.25, -0.2) is 0 Å². The molecule has 128 valence electrons. The molecule has 0 saturated carbocycles. The number of para-hydroxylation sites is 1. The molecule has 0 aliphatic carbocycles. The van der Waals surface area contributed by atoms with Crippen molar-refractivity contribution in [3.05, 3.63) is 54.6 Å². The van der Waals surface area contributed by atoms with Gasteiger partial charge in [-0.05, 0) is 36.4 Å². The maximum Gasteiger partial charge on any atom is 0.227 e. The van der Waals surface area contributed by atoms with Gasteiger partial charge < -0.3 is 19.7 Å². The zero-order chi connectivity index (χ0) is 17.2. The van der Waals surface area contributed by atoms with Crippen molar-refractivity contribution in [2.75, 3.05) is 38.8 Å². The molecule has 5 heteroatoms. The zero-order valence-electron chi connectivity index (χ0n) is 14.2. The number of methoxy groups -OCH3 is 1. The molecule has 0 radical (unpaired) electrons. The van der Waals surface area contributed by atoms with Crippen LogP contribution in [-0.2, 0) is 4.79 Å². The lowest BCUT2D eigenvalue weighted by molar-refractivity contribution is -0.118. The molecule has 0 aliphatic heterocycles. The van der Waals surface area contributed by atoms with E-state index in [1.165, 1.54) is 0 Å². The number of hydrogen-bond donors (Lipinski definition) is 1. The highest BCUT2D eigenvalue weighted by Gasteiger charge is 2.09. The molecule has 2 aromatic carbocycles. The van der Waals surface area contributed by atoms with Crippen LogP contribution in [-0.4, -0.2) is 39.8 Å². The van der Waals surface area contributed by atoms with Gasteiger partial charge in [0.05, 0.1) is 7.11 Å². The Morgan fingerprint density at radius 3 is 2.33 bits per heavy atom. The van der Waals surface area contributed by atoms with Gasteiger partial charge >= 0.3 is 0 Å². The molecule has 0 aromatic heterocycles. The second-order valence-corrected chi connectivity index (χ2v) is 5.31. The van der Waals surface area contributed by atoms with Crippen molar-refractivity contribution >= 4 is 11.6 Å². The molecule has 0 fully saturated rings. The third kappa shape index (κ3) is 5.59. The van der Waals surface area contributed by atoms with Crippen LogP contribution in [0.5, 0.6) is 11.5 Å². The zero-order valence-corrected chi connectivity index (χ0v) is 14.2. The molecule has 1 N–H and O–H groups in total. The van der Waals surface area contributed by atoms with Gasteiger partial charge in [0, 0.05) is 32.2 Å². The highest BCUT2D eigenvalue weighted by molar-refractivity contribution is 5.92. The van der Waals surface area contributed by atoms with Crippen LogP contribution >= 0.6 is 0 Å². The Morgan fingerprint density at radius 2 is 1.67 bits per heavy atom. The summed E-state index contributed by atoms with van der Waals surface area (Å²) in [7, 11) is 3.43. The van der Waals surface area contributed by atoms with Gasteiger partial charge in [0.1, 0.15) is 18.1 Å². The molecule has 2 aromatic rings. The van der Waals surface area contributed by atoms with Gasteiger partial charge in [0.2, 0.25) is 5.91 Å². The average Bonchev–Trinajstić information content (AvgIpc) is 2.65. The quantitative estimate of drug-likeness (QED) is 0.719. The summed E-state index contributed by atoms with van der Waals surface area (Å²) in [5, 5.41) is 3.22. The number of benzene rings is 2. The van der Waals surface area contributed by atoms with Crippen molar-refractivity contribution < 1.29 is 14.3 Å². The predicted octanol–water partition coefficient (Wildman–Crippen LogP) is 2.72. The first-order chi connectivity index (χ1) is 11.7. The van der Waals surface area contributed by atoms with E-state index in [-0.39, 0.29) is 5.91 Å². The lowest BCUT2D eigenvalue weighted by atomic mass is 10.2. The van der Waals surface area contributed by atoms with E-state index >= 15 is 0 Å². The Labute approximate surface area is 143 Å². The molecule has 0 spiro atoms. The van der Waals surface area contributed by atoms with E-state index in [0.717, 1.165) is 17.2 Å². The lowest BCUT2D eigenvalue weighted by Gasteiger charge is -2.17. The third-order valence-electron chi connectivity index (χ3n) is 3.64. The molecule has 2 rings (SSSR count). The van der Waals surface area contributed by atoms with Crippen LogP contribution in [0.25, 0.3) is 0 Å². The Balaban J connectivity index is 1.60. The normalized spacial score (nSPS) is 10.2. The minimum Gasteiger partial charge on any atom is -0.497 e. The number of anilines is 1. The van der Waals surface area contributed by atoms with Crippen molar-refractivity contribution in [3.63, 3.8) is 0 Å². The molecular weight excluding hydrogens is 304 g/mol. The first-order valence-corrected chi connectivity index (χ1v) is 8.00. The third-order valence-corrected chi connectivity index (χ3v) is 3.64. The number of rotatable bonds is 9. The molecule has 5 nitrogen and oxygen atoms in total. The van der Waals surface area contributed by atoms with E-state index in [1.807, 2.05) is 54.6 Å². The van der Waals surface area contributed by atoms with Crippen LogP contribution in [0.3, 0.4) is 0 Å². The van der Waals surface area contributed by atoms with E-state index < -0.39 is 0 Å². The van der Waals surface area contributed by atoms with Gasteiger partial charge in [-0.2, -0.15) is 0 Å². The fourth-order valence-electron chi connectivity index (χ4n) is 2.20. The van der Waals surface area contributed by atoms with E-state index in [9.17, 15) is 4.79 Å². The highest BCUT2D eigenvalue weighted by atomic mass is 16.5. The largest absolute Gasteiger partial charge is 0.497 e. The van der Waals surface area contributed by atoms with E-state index in [0.29, 0.717) is 26.1 Å². The first-order valence-electron chi connectivity index (χ1n) is 8.00. The summed E-state index contributed by atoms with van der Waals surface area (Å²) in [5.41, 5.74) is 0.908. The van der Waals surface area contributed by atoms with Crippen LogP contribution in [0.1, 0.15) is 6.42 Å². The fourth-order valence-corrected chi connectivity index (χ4v) is 2.20. The molecule has 24 heavy (non-hydrogen) atoms. The minimum atomic E-state index is 0.0878. The SMILES string of the molecule is COc1ccc(OCCNCCC(=O)N(C)c2ccccc2)cc1. The summed E-state index contributed by atoms with van der Waals surface area (Å²) in [4.78, 5) is 13.8. The van der Waals surface area contributed by atoms with Gasteiger partial charge in [-0.15, -0.1) is 0 Å². The highest BCUT2D eigenvalue weighted by Crippen LogP contribution is 2.16. The average molecular weight is 328 g/mol. The van der Waals surface area contributed by atoms with E-state index in [4.69, 9.17) is 9.47 Å². The Kier molecular flexibility index (Phi) is 7.11. The monoisotopic (exact) mass is 328 g/mol. The minimum absolute atomic E-state index is 0.0878. The van der Waals surface area contributed by atoms with Crippen molar-refractivity contribution in [3.8, 4) is 11.5 Å². The number of amides is 1. The van der Waals surface area contributed by atoms with Crippen LogP contribution in [0.4, 0.5) is 5.69 Å². The smallest absolute Gasteiger partial charge is 0.227 e. The van der Waals surface area contributed by atoms with Crippen molar-refractivity contribution in [1.82, 2.24) is 5.32 Å². The van der Waals surface area contributed by atoms with E-state index in [2.05, 4.69) is 5.32 Å². The lowest BCUT2D eigenvalue weighted by Crippen LogP contribution is -2.31. The second kappa shape index (κ2) is 9.57.